The van der Waals surface area contributed by atoms with E-state index in [2.05, 4.69) is 60.3 Å². The van der Waals surface area contributed by atoms with E-state index in [1.165, 1.54) is 16.7 Å². The Bertz CT molecular complexity index is 525. The zero-order chi connectivity index (χ0) is 14.4. The van der Waals surface area contributed by atoms with Gasteiger partial charge in [-0.1, -0.05) is 31.2 Å². The van der Waals surface area contributed by atoms with Crippen molar-refractivity contribution in [3.63, 3.8) is 0 Å². The third kappa shape index (κ3) is 3.44. The Hall–Kier alpha value is -1.71. The summed E-state index contributed by atoms with van der Waals surface area (Å²) in [6, 6.07) is 12.9. The molecule has 1 aromatic carbocycles. The summed E-state index contributed by atoms with van der Waals surface area (Å²) in [6.45, 7) is 3.69. The van der Waals surface area contributed by atoms with Crippen LogP contribution in [0.2, 0.25) is 0 Å². The second-order valence-electron chi connectivity index (χ2n) is 5.07. The number of likely N-dealkylation sites (N-methyl/N-ethyl adjacent to an activating group) is 1. The smallest absolute Gasteiger partial charge is 0.0473 e. The summed E-state index contributed by atoms with van der Waals surface area (Å²) >= 11 is 0. The van der Waals surface area contributed by atoms with Crippen molar-refractivity contribution in [1.82, 2.24) is 9.88 Å². The van der Waals surface area contributed by atoms with Crippen LogP contribution in [0.3, 0.4) is 0 Å². The Morgan fingerprint density at radius 3 is 2.50 bits per heavy atom. The maximum absolute atomic E-state index is 6.03. The van der Waals surface area contributed by atoms with Gasteiger partial charge in [-0.15, -0.1) is 0 Å². The van der Waals surface area contributed by atoms with Gasteiger partial charge in [-0.2, -0.15) is 0 Å². The molecular formula is C17H23N3. The molecule has 0 saturated heterocycles. The first-order valence-corrected chi connectivity index (χ1v) is 7.13. The fourth-order valence-electron chi connectivity index (χ4n) is 2.61. The predicted octanol–water partition coefficient (Wildman–Crippen LogP) is 2.78. The molecule has 2 rings (SSSR count). The third-order valence-electron chi connectivity index (χ3n) is 3.73. The van der Waals surface area contributed by atoms with Crippen molar-refractivity contribution in [1.29, 1.82) is 0 Å². The minimum atomic E-state index is 0.249. The molecule has 2 N–H and O–H groups in total. The Balaban J connectivity index is 2.19. The van der Waals surface area contributed by atoms with Crippen molar-refractivity contribution in [3.8, 4) is 0 Å². The van der Waals surface area contributed by atoms with Gasteiger partial charge < -0.3 is 5.73 Å². The zero-order valence-corrected chi connectivity index (χ0v) is 12.3. The average Bonchev–Trinajstić information content (AvgIpc) is 2.49. The van der Waals surface area contributed by atoms with Crippen LogP contribution >= 0.6 is 0 Å². The summed E-state index contributed by atoms with van der Waals surface area (Å²) in [6.07, 6.45) is 4.71. The van der Waals surface area contributed by atoms with Gasteiger partial charge in [0.05, 0.1) is 0 Å². The quantitative estimate of drug-likeness (QED) is 0.877. The largest absolute Gasteiger partial charge is 0.329 e. The van der Waals surface area contributed by atoms with Crippen molar-refractivity contribution >= 4 is 0 Å². The molecule has 106 valence electrons. The minimum absolute atomic E-state index is 0.249. The van der Waals surface area contributed by atoms with Gasteiger partial charge in [0.25, 0.3) is 0 Å². The third-order valence-corrected chi connectivity index (χ3v) is 3.73. The van der Waals surface area contributed by atoms with Crippen LogP contribution in [0.1, 0.15) is 29.7 Å². The maximum Gasteiger partial charge on any atom is 0.0473 e. The van der Waals surface area contributed by atoms with Crippen LogP contribution in [0.5, 0.6) is 0 Å². The summed E-state index contributed by atoms with van der Waals surface area (Å²) in [4.78, 5) is 6.37. The first kappa shape index (κ1) is 14.7. The van der Waals surface area contributed by atoms with E-state index < -0.39 is 0 Å². The predicted molar refractivity (Wildman–Crippen MR) is 83.3 cm³/mol. The molecule has 2 aromatic rings. The van der Waals surface area contributed by atoms with Gasteiger partial charge in [-0.05, 0) is 42.3 Å². The molecule has 1 unspecified atom stereocenters. The highest BCUT2D eigenvalue weighted by Crippen LogP contribution is 2.24. The Labute approximate surface area is 121 Å². The van der Waals surface area contributed by atoms with E-state index >= 15 is 0 Å². The van der Waals surface area contributed by atoms with Crippen molar-refractivity contribution < 1.29 is 0 Å². The number of aromatic nitrogens is 1. The number of nitrogens with two attached hydrogens (primary N) is 1. The maximum atomic E-state index is 6.03. The summed E-state index contributed by atoms with van der Waals surface area (Å²) < 4.78 is 0. The molecule has 0 aliphatic rings. The Morgan fingerprint density at radius 2 is 1.85 bits per heavy atom. The van der Waals surface area contributed by atoms with E-state index in [1.807, 2.05) is 12.4 Å². The van der Waals surface area contributed by atoms with E-state index in [1.54, 1.807) is 0 Å². The van der Waals surface area contributed by atoms with Crippen molar-refractivity contribution in [3.05, 3.63) is 65.5 Å². The fraction of sp³-hybridized carbons (Fsp3) is 0.353. The molecule has 20 heavy (non-hydrogen) atoms. The number of nitrogens with zero attached hydrogens (tertiary/aromatic N) is 2. The van der Waals surface area contributed by atoms with E-state index in [-0.39, 0.29) is 6.04 Å². The normalized spacial score (nSPS) is 12.6. The molecule has 0 aliphatic heterocycles. The second kappa shape index (κ2) is 7.17. The molecule has 0 radical (unpaired) electrons. The van der Waals surface area contributed by atoms with Crippen LogP contribution in [0.15, 0.2) is 48.8 Å². The van der Waals surface area contributed by atoms with Crippen molar-refractivity contribution in [2.45, 2.75) is 25.9 Å². The monoisotopic (exact) mass is 269 g/mol. The van der Waals surface area contributed by atoms with E-state index in [0.29, 0.717) is 6.54 Å². The fourth-order valence-corrected chi connectivity index (χ4v) is 2.61. The highest BCUT2D eigenvalue weighted by Gasteiger charge is 2.17. The number of aryl methyl sites for hydroxylation is 1. The minimum Gasteiger partial charge on any atom is -0.329 e. The molecule has 0 bridgehead atoms. The molecule has 3 nitrogen and oxygen atoms in total. The Kier molecular flexibility index (Phi) is 5.27. The van der Waals surface area contributed by atoms with E-state index in [9.17, 15) is 0 Å². The molecule has 1 atom stereocenters. The molecule has 0 fully saturated rings. The Morgan fingerprint density at radius 1 is 1.15 bits per heavy atom. The van der Waals surface area contributed by atoms with Gasteiger partial charge in [-0.3, -0.25) is 9.88 Å². The molecule has 0 aliphatic carbocycles. The van der Waals surface area contributed by atoms with Gasteiger partial charge in [-0.25, -0.2) is 0 Å². The van der Waals surface area contributed by atoms with E-state index in [0.717, 1.165) is 13.0 Å². The molecule has 0 spiro atoms. The standard InChI is InChI=1S/C17H23N3/c1-3-15-6-4-5-7-16(15)17(12-18)20(2)13-14-8-10-19-11-9-14/h4-11,17H,3,12-13,18H2,1-2H3. The lowest BCUT2D eigenvalue weighted by Crippen LogP contribution is -2.30. The number of pyridine rings is 1. The highest BCUT2D eigenvalue weighted by molar-refractivity contribution is 5.30. The van der Waals surface area contributed by atoms with Crippen molar-refractivity contribution in [2.75, 3.05) is 13.6 Å². The van der Waals surface area contributed by atoms with Crippen LogP contribution < -0.4 is 5.73 Å². The second-order valence-corrected chi connectivity index (χ2v) is 5.07. The van der Waals surface area contributed by atoms with Crippen LogP contribution in [0.4, 0.5) is 0 Å². The van der Waals surface area contributed by atoms with Crippen LogP contribution in [-0.4, -0.2) is 23.5 Å². The lowest BCUT2D eigenvalue weighted by Gasteiger charge is -2.29. The van der Waals surface area contributed by atoms with Gasteiger partial charge in [0, 0.05) is 31.5 Å². The van der Waals surface area contributed by atoms with Crippen LogP contribution in [0, 0.1) is 0 Å². The molecule has 1 heterocycles. The molecule has 0 amide bonds. The average molecular weight is 269 g/mol. The molecule has 0 saturated carbocycles. The van der Waals surface area contributed by atoms with E-state index in [4.69, 9.17) is 5.73 Å². The zero-order valence-electron chi connectivity index (χ0n) is 12.3. The van der Waals surface area contributed by atoms with Crippen LogP contribution in [0.25, 0.3) is 0 Å². The molecule has 1 aromatic heterocycles. The van der Waals surface area contributed by atoms with Crippen LogP contribution in [-0.2, 0) is 13.0 Å². The van der Waals surface area contributed by atoms with Gasteiger partial charge in [0.15, 0.2) is 0 Å². The molecule has 3 heteroatoms. The number of benzene rings is 1. The number of hydrogen-bond acceptors (Lipinski definition) is 3. The van der Waals surface area contributed by atoms with Gasteiger partial charge in [0.1, 0.15) is 0 Å². The summed E-state index contributed by atoms with van der Waals surface area (Å²) in [5.41, 5.74) is 10.0. The van der Waals surface area contributed by atoms with Gasteiger partial charge >= 0.3 is 0 Å². The summed E-state index contributed by atoms with van der Waals surface area (Å²) in [7, 11) is 2.13. The number of hydrogen-bond donors (Lipinski definition) is 1. The summed E-state index contributed by atoms with van der Waals surface area (Å²) in [5, 5.41) is 0. The summed E-state index contributed by atoms with van der Waals surface area (Å²) in [5.74, 6) is 0. The van der Waals surface area contributed by atoms with Crippen molar-refractivity contribution in [2.24, 2.45) is 5.73 Å². The number of rotatable bonds is 6. The lowest BCUT2D eigenvalue weighted by atomic mass is 9.97. The highest BCUT2D eigenvalue weighted by atomic mass is 15.1. The van der Waals surface area contributed by atoms with Gasteiger partial charge in [0.2, 0.25) is 0 Å². The first-order chi connectivity index (χ1) is 9.76. The lowest BCUT2D eigenvalue weighted by molar-refractivity contribution is 0.241. The molecular weight excluding hydrogens is 246 g/mol. The SMILES string of the molecule is CCc1ccccc1C(CN)N(C)Cc1ccncc1. The first-order valence-electron chi connectivity index (χ1n) is 7.13. The topological polar surface area (TPSA) is 42.1 Å².